The van der Waals surface area contributed by atoms with Crippen LogP contribution < -0.4 is 5.32 Å². The van der Waals surface area contributed by atoms with Gasteiger partial charge in [0.25, 0.3) is 11.6 Å². The lowest BCUT2D eigenvalue weighted by atomic mass is 10.2. The number of nitro groups is 1. The van der Waals surface area contributed by atoms with Gasteiger partial charge in [-0.05, 0) is 18.3 Å². The van der Waals surface area contributed by atoms with Crippen LogP contribution in [0.1, 0.15) is 16.2 Å². The Morgan fingerprint density at radius 1 is 1.59 bits per heavy atom. The minimum Gasteiger partial charge on any atom is -0.352 e. The summed E-state index contributed by atoms with van der Waals surface area (Å²) in [4.78, 5) is 22.2. The number of hydrogen-bond acceptors (Lipinski definition) is 5. The maximum atomic E-state index is 12.0. The Bertz CT molecular complexity index is 785. The fourth-order valence-corrected chi connectivity index (χ4v) is 2.14. The third-order valence-electron chi connectivity index (χ3n) is 3.01. The largest absolute Gasteiger partial charge is 0.352 e. The number of non-ortho nitro benzene ring substituents is 1. The lowest BCUT2D eigenvalue weighted by Gasteiger charge is -2.06. The van der Waals surface area contributed by atoms with E-state index in [1.54, 1.807) is 11.6 Å². The second kappa shape index (κ2) is 6.67. The minimum absolute atomic E-state index is 0.0613. The molecule has 0 saturated heterocycles. The predicted molar refractivity (Wildman–Crippen MR) is 82.5 cm³/mol. The van der Waals surface area contributed by atoms with Crippen LogP contribution in [0.5, 0.6) is 0 Å². The van der Waals surface area contributed by atoms with Crippen LogP contribution in [0.2, 0.25) is 5.02 Å². The van der Waals surface area contributed by atoms with Crippen molar-refractivity contribution < 1.29 is 9.72 Å². The number of nitro benzene ring substituents is 1. The third-order valence-corrected chi connectivity index (χ3v) is 3.71. The van der Waals surface area contributed by atoms with Crippen LogP contribution >= 0.6 is 23.8 Å². The van der Waals surface area contributed by atoms with Gasteiger partial charge in [-0.1, -0.05) is 11.6 Å². The van der Waals surface area contributed by atoms with E-state index in [4.69, 9.17) is 23.8 Å². The van der Waals surface area contributed by atoms with Crippen molar-refractivity contribution in [2.45, 2.75) is 6.42 Å². The molecule has 8 nitrogen and oxygen atoms in total. The lowest BCUT2D eigenvalue weighted by Crippen LogP contribution is -2.26. The number of nitrogens with one attached hydrogen (secondary N) is 2. The quantitative estimate of drug-likeness (QED) is 0.491. The van der Waals surface area contributed by atoms with Gasteiger partial charge in [-0.25, -0.2) is 0 Å². The van der Waals surface area contributed by atoms with Crippen LogP contribution in [0.3, 0.4) is 0 Å². The first-order valence-corrected chi connectivity index (χ1v) is 7.01. The molecule has 0 spiro atoms. The summed E-state index contributed by atoms with van der Waals surface area (Å²) in [7, 11) is 1.76. The fourth-order valence-electron chi connectivity index (χ4n) is 1.79. The van der Waals surface area contributed by atoms with Gasteiger partial charge >= 0.3 is 0 Å². The molecule has 1 heterocycles. The topological polar surface area (TPSA) is 106 Å². The molecule has 2 rings (SSSR count). The van der Waals surface area contributed by atoms with E-state index in [0.29, 0.717) is 23.6 Å². The van der Waals surface area contributed by atoms with Gasteiger partial charge in [0.1, 0.15) is 5.82 Å². The standard InChI is InChI=1S/C12H12ClN5O3S/c1-17-10(15-16-12(17)22)4-5-14-11(19)8-6-7(18(20)21)2-3-9(8)13/h2-3,6H,4-5H2,1H3,(H,14,19)(H,16,22). The average molecular weight is 342 g/mol. The van der Waals surface area contributed by atoms with E-state index >= 15 is 0 Å². The van der Waals surface area contributed by atoms with Crippen LogP contribution in [0.4, 0.5) is 5.69 Å². The zero-order valence-corrected chi connectivity index (χ0v) is 13.1. The van der Waals surface area contributed by atoms with E-state index in [1.165, 1.54) is 12.1 Å². The van der Waals surface area contributed by atoms with Crippen LogP contribution in [0.15, 0.2) is 18.2 Å². The summed E-state index contributed by atoms with van der Waals surface area (Å²) >= 11 is 10.9. The fraction of sp³-hybridized carbons (Fsp3) is 0.250. The zero-order chi connectivity index (χ0) is 16.3. The number of nitrogens with zero attached hydrogens (tertiary/aromatic N) is 3. The highest BCUT2D eigenvalue weighted by Crippen LogP contribution is 2.21. The van der Waals surface area contributed by atoms with E-state index in [0.717, 1.165) is 6.07 Å². The van der Waals surface area contributed by atoms with E-state index in [2.05, 4.69) is 15.5 Å². The molecule has 10 heteroatoms. The number of amides is 1. The number of carbonyl (C=O) groups is 1. The summed E-state index contributed by atoms with van der Waals surface area (Å²) in [5, 5.41) is 20.2. The molecule has 0 bridgehead atoms. The summed E-state index contributed by atoms with van der Waals surface area (Å²) in [6.07, 6.45) is 0.460. The summed E-state index contributed by atoms with van der Waals surface area (Å²) in [5.41, 5.74) is -0.129. The lowest BCUT2D eigenvalue weighted by molar-refractivity contribution is -0.384. The van der Waals surface area contributed by atoms with Gasteiger partial charge in [0.15, 0.2) is 4.77 Å². The van der Waals surface area contributed by atoms with Crippen molar-refractivity contribution in [1.29, 1.82) is 0 Å². The molecule has 0 saturated carbocycles. The number of H-pyrrole nitrogens is 1. The molecule has 1 aromatic carbocycles. The Morgan fingerprint density at radius 2 is 2.32 bits per heavy atom. The molecule has 0 unspecified atom stereocenters. The van der Waals surface area contributed by atoms with Gasteiger partial charge in [0.2, 0.25) is 0 Å². The first-order valence-electron chi connectivity index (χ1n) is 6.22. The van der Waals surface area contributed by atoms with Crippen molar-refractivity contribution in [1.82, 2.24) is 20.1 Å². The highest BCUT2D eigenvalue weighted by Gasteiger charge is 2.15. The molecule has 0 radical (unpaired) electrons. The van der Waals surface area contributed by atoms with Gasteiger partial charge in [0.05, 0.1) is 15.5 Å². The summed E-state index contributed by atoms with van der Waals surface area (Å²) in [5.74, 6) is 0.209. The highest BCUT2D eigenvalue weighted by molar-refractivity contribution is 7.71. The van der Waals surface area contributed by atoms with E-state index in [-0.39, 0.29) is 16.3 Å². The number of hydrogen-bond donors (Lipinski definition) is 2. The first-order chi connectivity index (χ1) is 10.4. The number of halogens is 1. The molecule has 22 heavy (non-hydrogen) atoms. The summed E-state index contributed by atoms with van der Waals surface area (Å²) in [6, 6.07) is 3.72. The van der Waals surface area contributed by atoms with Crippen molar-refractivity contribution in [3.05, 3.63) is 49.5 Å². The molecule has 0 fully saturated rings. The van der Waals surface area contributed by atoms with Crippen molar-refractivity contribution in [3.8, 4) is 0 Å². The maximum Gasteiger partial charge on any atom is 0.270 e. The van der Waals surface area contributed by atoms with Crippen molar-refractivity contribution in [2.24, 2.45) is 7.05 Å². The van der Waals surface area contributed by atoms with Crippen LogP contribution in [-0.2, 0) is 13.5 Å². The molecule has 1 aromatic heterocycles. The third kappa shape index (κ3) is 3.49. The molecule has 0 aliphatic carbocycles. The van der Waals surface area contributed by atoms with Crippen LogP contribution in [0, 0.1) is 14.9 Å². The van der Waals surface area contributed by atoms with E-state index in [1.807, 2.05) is 0 Å². The number of rotatable bonds is 5. The van der Waals surface area contributed by atoms with Gasteiger partial charge in [-0.3, -0.25) is 20.0 Å². The molecule has 0 atom stereocenters. The van der Waals surface area contributed by atoms with Gasteiger partial charge in [-0.15, -0.1) is 0 Å². The van der Waals surface area contributed by atoms with Crippen LogP contribution in [0.25, 0.3) is 0 Å². The SMILES string of the molecule is Cn1c(CCNC(=O)c2cc([N+](=O)[O-])ccc2Cl)n[nH]c1=S. The Morgan fingerprint density at radius 3 is 2.91 bits per heavy atom. The highest BCUT2D eigenvalue weighted by atomic mass is 35.5. The molecule has 116 valence electrons. The van der Waals surface area contributed by atoms with Crippen molar-refractivity contribution in [3.63, 3.8) is 0 Å². The normalized spacial score (nSPS) is 10.5. The zero-order valence-electron chi connectivity index (χ0n) is 11.5. The first kappa shape index (κ1) is 16.1. The Labute approximate surface area is 135 Å². The van der Waals surface area contributed by atoms with Crippen molar-refractivity contribution in [2.75, 3.05) is 6.54 Å². The average Bonchev–Trinajstić information content (AvgIpc) is 2.79. The molecular formula is C12H12ClN5O3S. The minimum atomic E-state index is -0.581. The predicted octanol–water partition coefficient (Wildman–Crippen LogP) is 2.01. The van der Waals surface area contributed by atoms with E-state index in [9.17, 15) is 14.9 Å². The Balaban J connectivity index is 2.03. The maximum absolute atomic E-state index is 12.0. The van der Waals surface area contributed by atoms with Gasteiger partial charge in [0, 0.05) is 32.1 Å². The summed E-state index contributed by atoms with van der Waals surface area (Å²) in [6.45, 7) is 0.297. The number of benzene rings is 1. The Kier molecular flexibility index (Phi) is 4.88. The molecule has 2 N–H and O–H groups in total. The number of aromatic nitrogens is 3. The van der Waals surface area contributed by atoms with Gasteiger partial charge in [-0.2, -0.15) is 5.10 Å². The number of carbonyl (C=O) groups excluding carboxylic acids is 1. The molecule has 1 amide bonds. The molecule has 0 aliphatic rings. The van der Waals surface area contributed by atoms with Gasteiger partial charge < -0.3 is 9.88 Å². The number of aromatic amines is 1. The Hall–Kier alpha value is -2.26. The summed E-state index contributed by atoms with van der Waals surface area (Å²) < 4.78 is 2.19. The van der Waals surface area contributed by atoms with Crippen molar-refractivity contribution >= 4 is 35.4 Å². The molecular weight excluding hydrogens is 330 g/mol. The second-order valence-electron chi connectivity index (χ2n) is 4.43. The second-order valence-corrected chi connectivity index (χ2v) is 5.23. The molecule has 2 aromatic rings. The monoisotopic (exact) mass is 341 g/mol. The van der Waals surface area contributed by atoms with Crippen LogP contribution in [-0.4, -0.2) is 32.1 Å². The smallest absolute Gasteiger partial charge is 0.270 e. The molecule has 0 aliphatic heterocycles. The van der Waals surface area contributed by atoms with E-state index < -0.39 is 10.8 Å².